The predicted molar refractivity (Wildman–Crippen MR) is 64.7 cm³/mol. The van der Waals surface area contributed by atoms with Crippen LogP contribution in [0.4, 0.5) is 27.8 Å². The molecule has 0 aliphatic carbocycles. The van der Waals surface area contributed by atoms with E-state index in [-0.39, 0.29) is 15.7 Å². The number of halogens is 4. The number of azo groups is 1. The summed E-state index contributed by atoms with van der Waals surface area (Å²) in [7, 11) is -9.09. The van der Waals surface area contributed by atoms with Crippen LogP contribution in [-0.4, -0.2) is 12.5 Å². The number of para-hydroxylation sites is 1. The third kappa shape index (κ3) is 1.54. The topological polar surface area (TPSA) is 15.4 Å². The number of benzene rings is 2. The summed E-state index contributed by atoms with van der Waals surface area (Å²) in [5.74, 6) is 0. The molecule has 19 heavy (non-hydrogen) atoms. The molecule has 0 unspecified atom stereocenters. The van der Waals surface area contributed by atoms with E-state index >= 15 is 0 Å². The molecule has 0 amide bonds. The quantitative estimate of drug-likeness (QED) is 0.427. The van der Waals surface area contributed by atoms with Gasteiger partial charge in [0.1, 0.15) is 0 Å². The number of fused-ring (bicyclic) bond motifs is 1. The van der Waals surface area contributed by atoms with Crippen LogP contribution in [0.5, 0.6) is 0 Å². The third-order valence-electron chi connectivity index (χ3n) is 3.07. The Morgan fingerprint density at radius 1 is 0.789 bits per heavy atom. The molecule has 2 aromatic rings. The van der Waals surface area contributed by atoms with Crippen LogP contribution in [0.1, 0.15) is 0 Å². The zero-order valence-corrected chi connectivity index (χ0v) is 10.6. The molecule has 0 bridgehead atoms. The van der Waals surface area contributed by atoms with E-state index in [2.05, 4.69) is 5.11 Å². The van der Waals surface area contributed by atoms with E-state index in [4.69, 9.17) is 0 Å². The first-order valence-electron chi connectivity index (χ1n) is 5.61. The minimum atomic E-state index is -9.09. The Labute approximate surface area is 106 Å². The molecule has 3 rings (SSSR count). The normalized spacial score (nSPS) is 25.2. The van der Waals surface area contributed by atoms with Crippen LogP contribution in [0, 0.1) is 0 Å². The fraction of sp³-hybridized carbons (Fsp3) is 0. The molecule has 1 aliphatic heterocycles. The van der Waals surface area contributed by atoms with E-state index in [1.165, 1.54) is 30.3 Å². The average Bonchev–Trinajstić information content (AvgIpc) is 2.55. The van der Waals surface area contributed by atoms with Crippen molar-refractivity contribution in [2.45, 2.75) is 0 Å². The van der Waals surface area contributed by atoms with Crippen molar-refractivity contribution in [2.24, 2.45) is 5.11 Å². The first-order chi connectivity index (χ1) is 8.72. The van der Waals surface area contributed by atoms with Gasteiger partial charge in [0.2, 0.25) is 0 Å². The molecule has 1 aliphatic rings. The molecule has 1 heterocycles. The van der Waals surface area contributed by atoms with Gasteiger partial charge in [-0.25, -0.2) is 0 Å². The number of nitrogens with zero attached hydrogens (tertiary/aromatic N) is 2. The number of hydrogen-bond acceptors (Lipinski definition) is 1. The Morgan fingerprint density at radius 3 is 2.00 bits per heavy atom. The van der Waals surface area contributed by atoms with E-state index in [1.807, 2.05) is 0 Å². The number of hydrogen-bond donors (Lipinski definition) is 0. The summed E-state index contributed by atoms with van der Waals surface area (Å²) in [6, 6.07) is 11.2. The van der Waals surface area contributed by atoms with Gasteiger partial charge in [-0.3, -0.25) is 0 Å². The van der Waals surface area contributed by atoms with Crippen LogP contribution in [0.25, 0.3) is 0 Å². The molecule has 0 saturated heterocycles. The molecular weight excluding hydrogens is 276 g/mol. The van der Waals surface area contributed by atoms with Crippen molar-refractivity contribution >= 4 is 24.7 Å². The van der Waals surface area contributed by atoms with Gasteiger partial charge in [-0.1, -0.05) is 0 Å². The molecule has 0 N–H and O–H groups in total. The maximum atomic E-state index is 14.3. The van der Waals surface area contributed by atoms with Crippen LogP contribution >= 0.6 is 0 Å². The van der Waals surface area contributed by atoms with E-state index < -0.39 is 13.3 Å². The van der Waals surface area contributed by atoms with Crippen molar-refractivity contribution < 1.29 is 20.8 Å². The number of rotatable bonds is 1. The summed E-state index contributed by atoms with van der Waals surface area (Å²) in [6.07, 6.45) is 0. The van der Waals surface area contributed by atoms with Gasteiger partial charge in [0.25, 0.3) is 0 Å². The molecule has 0 radical (unpaired) electrons. The summed E-state index contributed by atoms with van der Waals surface area (Å²) in [5, 5.41) is 2.16. The molecule has 0 spiro atoms. The van der Waals surface area contributed by atoms with E-state index in [0.29, 0.717) is 0 Å². The van der Waals surface area contributed by atoms with Crippen molar-refractivity contribution in [3.63, 3.8) is 0 Å². The van der Waals surface area contributed by atoms with Crippen molar-refractivity contribution in [3.8, 4) is 0 Å². The van der Waals surface area contributed by atoms with Gasteiger partial charge in [-0.2, -0.15) is 0 Å². The van der Waals surface area contributed by atoms with Gasteiger partial charge in [0.15, 0.2) is 0 Å². The average molecular weight is 285 g/mol. The zero-order valence-electron chi connectivity index (χ0n) is 9.60. The van der Waals surface area contributed by atoms with E-state index in [9.17, 15) is 16.4 Å². The van der Waals surface area contributed by atoms with Crippen LogP contribution in [0.15, 0.2) is 59.7 Å². The molecular formula is C12H9F4N2Si-. The van der Waals surface area contributed by atoms with Crippen LogP contribution < -0.4 is 5.19 Å². The molecule has 0 saturated carbocycles. The Hall–Kier alpha value is -2.02. The van der Waals surface area contributed by atoms with E-state index in [1.54, 1.807) is 6.07 Å². The Balaban J connectivity index is 2.36. The standard InChI is InChI=1S/C12H9F4N2Si/c13-19(14,15,16)12-9-5-4-8-11(12)17-18(19)10-6-2-1-3-7-10/h1-9H/q-1. The molecule has 0 aromatic heterocycles. The molecule has 0 atom stereocenters. The van der Waals surface area contributed by atoms with Gasteiger partial charge in [0, 0.05) is 0 Å². The van der Waals surface area contributed by atoms with Gasteiger partial charge in [-0.05, 0) is 0 Å². The van der Waals surface area contributed by atoms with Crippen LogP contribution in [0.3, 0.4) is 0 Å². The van der Waals surface area contributed by atoms with Gasteiger partial charge < -0.3 is 0 Å². The van der Waals surface area contributed by atoms with E-state index in [0.717, 1.165) is 18.2 Å². The molecule has 7 heteroatoms. The van der Waals surface area contributed by atoms with Crippen molar-refractivity contribution in [2.75, 3.05) is 0 Å². The summed E-state index contributed by atoms with van der Waals surface area (Å²) >= 11 is 0. The fourth-order valence-electron chi connectivity index (χ4n) is 2.18. The monoisotopic (exact) mass is 285 g/mol. The molecule has 2 aromatic carbocycles. The van der Waals surface area contributed by atoms with Gasteiger partial charge >= 0.3 is 105 Å². The van der Waals surface area contributed by atoms with Crippen molar-refractivity contribution in [1.29, 1.82) is 0 Å². The maximum absolute atomic E-state index is 14.3. The van der Waals surface area contributed by atoms with Gasteiger partial charge in [0.05, 0.1) is 0 Å². The first-order valence-corrected chi connectivity index (χ1v) is 8.07. The minimum absolute atomic E-state index is 0.321. The third-order valence-corrected chi connectivity index (χ3v) is 5.75. The summed E-state index contributed by atoms with van der Waals surface area (Å²) < 4.78 is 56.9. The second-order valence-corrected chi connectivity index (χ2v) is 8.00. The van der Waals surface area contributed by atoms with Gasteiger partial charge in [-0.15, -0.1) is 0 Å². The van der Waals surface area contributed by atoms with Crippen LogP contribution in [-0.2, 0) is 0 Å². The molecule has 2 nitrogen and oxygen atoms in total. The summed E-state index contributed by atoms with van der Waals surface area (Å²) in [5.41, 5.74) is -0.705. The SMILES string of the molecule is F[Si-2]1(F)(F)(F)c2ccccc2N=[N+]1c1ccccc1. The molecule has 0 fully saturated rings. The second-order valence-electron chi connectivity index (χ2n) is 4.52. The summed E-state index contributed by atoms with van der Waals surface area (Å²) in [6.45, 7) is 0. The van der Waals surface area contributed by atoms with Crippen LogP contribution in [0.2, 0.25) is 0 Å². The Bertz CT molecular complexity index is 706. The predicted octanol–water partition coefficient (Wildman–Crippen LogP) is 4.05. The Morgan fingerprint density at radius 2 is 1.37 bits per heavy atom. The zero-order chi connectivity index (χ0) is 13.8. The second kappa shape index (κ2) is 2.93. The fourth-order valence-corrected chi connectivity index (χ4v) is 4.45. The first kappa shape index (κ1) is 12.0. The van der Waals surface area contributed by atoms with Crippen molar-refractivity contribution in [1.82, 2.24) is 0 Å². The Kier molecular flexibility index (Phi) is 1.86. The summed E-state index contributed by atoms with van der Waals surface area (Å²) in [4.78, 5) is 0. The molecule has 100 valence electrons. The van der Waals surface area contributed by atoms with Crippen molar-refractivity contribution in [3.05, 3.63) is 54.6 Å².